The van der Waals surface area contributed by atoms with E-state index in [0.29, 0.717) is 5.95 Å². The van der Waals surface area contributed by atoms with Gasteiger partial charge < -0.3 is 5.73 Å². The molecule has 0 amide bonds. The van der Waals surface area contributed by atoms with Gasteiger partial charge in [0.25, 0.3) is 0 Å². The summed E-state index contributed by atoms with van der Waals surface area (Å²) in [7, 11) is 0. The van der Waals surface area contributed by atoms with Gasteiger partial charge in [0.1, 0.15) is 11.4 Å². The molecule has 0 saturated heterocycles. The van der Waals surface area contributed by atoms with E-state index in [1.165, 1.54) is 11.3 Å². The van der Waals surface area contributed by atoms with Crippen LogP contribution in [0.4, 0.5) is 5.95 Å². The lowest BCUT2D eigenvalue weighted by atomic mass is 10.3. The summed E-state index contributed by atoms with van der Waals surface area (Å²) < 4.78 is 1.81. The average molecular weight is 325 g/mol. The van der Waals surface area contributed by atoms with Crippen molar-refractivity contribution < 1.29 is 0 Å². The largest absolute Gasteiger partial charge is 0.369 e. The Kier molecular flexibility index (Phi) is 3.21. The van der Waals surface area contributed by atoms with Crippen LogP contribution in [-0.4, -0.2) is 19.5 Å². The van der Waals surface area contributed by atoms with Crippen molar-refractivity contribution in [3.63, 3.8) is 0 Å². The second-order valence-electron chi connectivity index (χ2n) is 4.56. The first-order chi connectivity index (χ1) is 10.8. The first-order valence-electron chi connectivity index (χ1n) is 6.57. The third-order valence-corrected chi connectivity index (χ3v) is 4.86. The van der Waals surface area contributed by atoms with Crippen molar-refractivity contribution in [2.24, 2.45) is 0 Å². The molecule has 4 heterocycles. The summed E-state index contributed by atoms with van der Waals surface area (Å²) in [5.74, 6) is 0.435. The molecule has 0 aromatic carbocycles. The minimum Gasteiger partial charge on any atom is -0.369 e. The molecule has 5 nitrogen and oxygen atoms in total. The number of rotatable bonds is 3. The van der Waals surface area contributed by atoms with E-state index in [4.69, 9.17) is 5.73 Å². The Morgan fingerprint density at radius 2 is 1.91 bits per heavy atom. The maximum Gasteiger partial charge on any atom is 0.207 e. The van der Waals surface area contributed by atoms with Crippen LogP contribution in [0.15, 0.2) is 53.5 Å². The van der Waals surface area contributed by atoms with Crippen LogP contribution in [0.1, 0.15) is 0 Å². The Morgan fingerprint density at radius 3 is 2.68 bits per heavy atom. The molecule has 22 heavy (non-hydrogen) atoms. The maximum atomic E-state index is 6.03. The number of nitrogen functional groups attached to an aromatic ring is 1. The summed E-state index contributed by atoms with van der Waals surface area (Å²) in [4.78, 5) is 14.4. The van der Waals surface area contributed by atoms with Crippen molar-refractivity contribution in [2.75, 3.05) is 5.73 Å². The lowest BCUT2D eigenvalue weighted by molar-refractivity contribution is 1.05. The zero-order valence-corrected chi connectivity index (χ0v) is 13.0. The summed E-state index contributed by atoms with van der Waals surface area (Å²) in [5, 5.41) is 4.78. The smallest absolute Gasteiger partial charge is 0.207 e. The van der Waals surface area contributed by atoms with E-state index in [9.17, 15) is 0 Å². The SMILES string of the molecule is Nc1nc(-c2cccs2)cn1-c1nc(-c2ccccn2)cs1. The molecule has 4 rings (SSSR count). The first kappa shape index (κ1) is 13.2. The minimum atomic E-state index is 0.435. The van der Waals surface area contributed by atoms with Gasteiger partial charge in [-0.1, -0.05) is 12.1 Å². The third-order valence-electron chi connectivity index (χ3n) is 3.13. The molecule has 0 radical (unpaired) electrons. The van der Waals surface area contributed by atoms with Gasteiger partial charge in [-0.15, -0.1) is 22.7 Å². The van der Waals surface area contributed by atoms with E-state index in [-0.39, 0.29) is 0 Å². The zero-order chi connectivity index (χ0) is 14.9. The Balaban J connectivity index is 1.73. The average Bonchev–Trinajstić information content (AvgIpc) is 3.28. The fraction of sp³-hybridized carbons (Fsp3) is 0. The van der Waals surface area contributed by atoms with Crippen LogP contribution in [0.25, 0.3) is 27.1 Å². The Morgan fingerprint density at radius 1 is 0.955 bits per heavy atom. The third kappa shape index (κ3) is 2.30. The highest BCUT2D eigenvalue weighted by atomic mass is 32.1. The topological polar surface area (TPSA) is 69.6 Å². The van der Waals surface area contributed by atoms with Crippen LogP contribution in [-0.2, 0) is 0 Å². The van der Waals surface area contributed by atoms with Crippen LogP contribution in [0, 0.1) is 0 Å². The number of imidazole rings is 1. The van der Waals surface area contributed by atoms with Crippen LogP contribution in [0.2, 0.25) is 0 Å². The van der Waals surface area contributed by atoms with Gasteiger partial charge in [0.15, 0.2) is 5.13 Å². The van der Waals surface area contributed by atoms with Crippen LogP contribution in [0.3, 0.4) is 0 Å². The second-order valence-corrected chi connectivity index (χ2v) is 6.35. The number of hydrogen-bond acceptors (Lipinski definition) is 6. The van der Waals surface area contributed by atoms with Crippen molar-refractivity contribution in [1.82, 2.24) is 19.5 Å². The van der Waals surface area contributed by atoms with Crippen molar-refractivity contribution in [3.8, 4) is 27.1 Å². The van der Waals surface area contributed by atoms with E-state index in [0.717, 1.165) is 27.1 Å². The molecule has 0 aliphatic heterocycles. The molecule has 108 valence electrons. The van der Waals surface area contributed by atoms with Gasteiger partial charge in [0.2, 0.25) is 5.95 Å². The number of nitrogens with two attached hydrogens (primary N) is 1. The van der Waals surface area contributed by atoms with Gasteiger partial charge >= 0.3 is 0 Å². The van der Waals surface area contributed by atoms with E-state index >= 15 is 0 Å². The zero-order valence-electron chi connectivity index (χ0n) is 11.4. The predicted octanol–water partition coefficient (Wildman–Crippen LogP) is 3.70. The number of aromatic nitrogens is 4. The summed E-state index contributed by atoms with van der Waals surface area (Å²) in [6.45, 7) is 0. The molecule has 0 spiro atoms. The molecular formula is C15H11N5S2. The quantitative estimate of drug-likeness (QED) is 0.623. The standard InChI is InChI=1S/C15H11N5S2/c16-14-18-11(13-5-3-7-21-13)8-20(14)15-19-12(9-22-15)10-4-1-2-6-17-10/h1-9H,(H2,16,18). The van der Waals surface area contributed by atoms with Gasteiger partial charge in [-0.05, 0) is 23.6 Å². The van der Waals surface area contributed by atoms with E-state index < -0.39 is 0 Å². The number of anilines is 1. The fourth-order valence-corrected chi connectivity index (χ4v) is 3.58. The van der Waals surface area contributed by atoms with Gasteiger partial charge in [-0.25, -0.2) is 9.97 Å². The normalized spacial score (nSPS) is 10.9. The van der Waals surface area contributed by atoms with Crippen molar-refractivity contribution in [2.45, 2.75) is 0 Å². The molecule has 4 aromatic rings. The summed E-state index contributed by atoms with van der Waals surface area (Å²) in [5.41, 5.74) is 8.59. The Bertz CT molecular complexity index is 893. The fourth-order valence-electron chi connectivity index (χ4n) is 2.10. The lowest BCUT2D eigenvalue weighted by Crippen LogP contribution is -1.99. The molecule has 0 bridgehead atoms. The molecule has 0 fully saturated rings. The number of thiazole rings is 1. The van der Waals surface area contributed by atoms with Crippen LogP contribution in [0.5, 0.6) is 0 Å². The van der Waals surface area contributed by atoms with Crippen molar-refractivity contribution in [1.29, 1.82) is 0 Å². The van der Waals surface area contributed by atoms with Crippen molar-refractivity contribution in [3.05, 3.63) is 53.5 Å². The van der Waals surface area contributed by atoms with E-state index in [1.54, 1.807) is 17.5 Å². The van der Waals surface area contributed by atoms with Gasteiger partial charge in [-0.3, -0.25) is 9.55 Å². The summed E-state index contributed by atoms with van der Waals surface area (Å²) >= 11 is 3.15. The molecule has 0 aliphatic carbocycles. The first-order valence-corrected chi connectivity index (χ1v) is 8.33. The maximum absolute atomic E-state index is 6.03. The minimum absolute atomic E-state index is 0.435. The van der Waals surface area contributed by atoms with Crippen LogP contribution < -0.4 is 5.73 Å². The predicted molar refractivity (Wildman–Crippen MR) is 90.2 cm³/mol. The summed E-state index contributed by atoms with van der Waals surface area (Å²) in [6.07, 6.45) is 3.68. The van der Waals surface area contributed by atoms with Crippen molar-refractivity contribution >= 4 is 28.6 Å². The molecular weight excluding hydrogens is 314 g/mol. The summed E-state index contributed by atoms with van der Waals surface area (Å²) in [6, 6.07) is 9.79. The molecule has 0 saturated carbocycles. The van der Waals surface area contributed by atoms with Gasteiger partial charge in [-0.2, -0.15) is 0 Å². The second kappa shape index (κ2) is 5.36. The molecule has 4 aromatic heterocycles. The highest BCUT2D eigenvalue weighted by Gasteiger charge is 2.13. The highest BCUT2D eigenvalue weighted by molar-refractivity contribution is 7.13. The van der Waals surface area contributed by atoms with Crippen LogP contribution >= 0.6 is 22.7 Å². The lowest BCUT2D eigenvalue weighted by Gasteiger charge is -1.97. The van der Waals surface area contributed by atoms with Gasteiger partial charge in [0, 0.05) is 17.8 Å². The Labute approximate surface area is 134 Å². The number of pyridine rings is 1. The van der Waals surface area contributed by atoms with E-state index in [1.807, 2.05) is 51.9 Å². The molecule has 0 unspecified atom stereocenters. The number of hydrogen-bond donors (Lipinski definition) is 1. The molecule has 0 atom stereocenters. The number of thiophene rings is 1. The van der Waals surface area contributed by atoms with E-state index in [2.05, 4.69) is 15.0 Å². The molecule has 7 heteroatoms. The molecule has 2 N–H and O–H groups in total. The highest BCUT2D eigenvalue weighted by Crippen LogP contribution is 2.29. The Hall–Kier alpha value is -2.51. The monoisotopic (exact) mass is 325 g/mol. The molecule has 0 aliphatic rings. The van der Waals surface area contributed by atoms with Gasteiger partial charge in [0.05, 0.1) is 10.6 Å². The number of nitrogens with zero attached hydrogens (tertiary/aromatic N) is 4.